The Morgan fingerprint density at radius 1 is 1.04 bits per heavy atom. The molecule has 0 aliphatic carbocycles. The molecule has 0 atom stereocenters. The highest BCUT2D eigenvalue weighted by atomic mass is 35.5. The molecule has 4 nitrogen and oxygen atoms in total. The summed E-state index contributed by atoms with van der Waals surface area (Å²) in [6.45, 7) is 3.88. The molecule has 2 rings (SSSR count). The highest BCUT2D eigenvalue weighted by Crippen LogP contribution is 2.20. The zero-order valence-corrected chi connectivity index (χ0v) is 15.4. The maximum absolute atomic E-state index is 12.4. The molecule has 0 fully saturated rings. The van der Waals surface area contributed by atoms with E-state index in [9.17, 15) is 8.42 Å². The highest BCUT2D eigenvalue weighted by Gasteiger charge is 2.14. The number of hydrogen-bond donors (Lipinski definition) is 1. The lowest BCUT2D eigenvalue weighted by Crippen LogP contribution is -2.13. The zero-order valence-electron chi connectivity index (χ0n) is 13.8. The van der Waals surface area contributed by atoms with E-state index in [1.165, 1.54) is 0 Å². The van der Waals surface area contributed by atoms with Crippen molar-refractivity contribution in [2.75, 3.05) is 10.6 Å². The highest BCUT2D eigenvalue weighted by molar-refractivity contribution is 7.92. The van der Waals surface area contributed by atoms with Crippen LogP contribution in [-0.2, 0) is 16.4 Å². The van der Waals surface area contributed by atoms with E-state index < -0.39 is 10.0 Å². The number of halogens is 1. The Kier molecular flexibility index (Phi) is 6.52. The van der Waals surface area contributed by atoms with Crippen molar-refractivity contribution in [1.82, 2.24) is 0 Å². The zero-order chi connectivity index (χ0) is 17.6. The van der Waals surface area contributed by atoms with Crippen LogP contribution < -0.4 is 9.46 Å². The quantitative estimate of drug-likeness (QED) is 0.701. The fourth-order valence-electron chi connectivity index (χ4n) is 2.19. The lowest BCUT2D eigenvalue weighted by Gasteiger charge is -2.12. The third-order valence-electron chi connectivity index (χ3n) is 3.31. The van der Waals surface area contributed by atoms with Gasteiger partial charge in [0, 0.05) is 11.6 Å². The lowest BCUT2D eigenvalue weighted by atomic mass is 10.1. The first kappa shape index (κ1) is 18.6. The first-order valence-electron chi connectivity index (χ1n) is 7.85. The molecule has 2 aromatic carbocycles. The molecule has 0 saturated heterocycles. The van der Waals surface area contributed by atoms with Gasteiger partial charge in [-0.15, -0.1) is 11.6 Å². The van der Waals surface area contributed by atoms with Gasteiger partial charge in [-0.3, -0.25) is 4.72 Å². The van der Waals surface area contributed by atoms with Crippen LogP contribution in [0.15, 0.2) is 53.4 Å². The molecule has 6 heteroatoms. The molecule has 0 unspecified atom stereocenters. The van der Waals surface area contributed by atoms with Crippen molar-refractivity contribution >= 4 is 27.3 Å². The van der Waals surface area contributed by atoms with Gasteiger partial charge in [-0.2, -0.15) is 0 Å². The van der Waals surface area contributed by atoms with Crippen molar-refractivity contribution in [2.24, 2.45) is 0 Å². The van der Waals surface area contributed by atoms with Crippen LogP contribution in [-0.4, -0.2) is 20.4 Å². The molecule has 0 aromatic heterocycles. The fourth-order valence-corrected chi connectivity index (χ4v) is 3.39. The Labute approximate surface area is 148 Å². The van der Waals surface area contributed by atoms with Gasteiger partial charge in [0.2, 0.25) is 0 Å². The van der Waals surface area contributed by atoms with E-state index >= 15 is 0 Å². The predicted molar refractivity (Wildman–Crippen MR) is 98.5 cm³/mol. The number of anilines is 1. The first-order chi connectivity index (χ1) is 11.4. The SMILES string of the molecule is CC(C)Oc1ccc(NS(=O)(=O)c2ccc(CCCCl)cc2)cc1. The Bertz CT molecular complexity index is 741. The molecule has 2 aromatic rings. The summed E-state index contributed by atoms with van der Waals surface area (Å²) in [5.41, 5.74) is 1.57. The van der Waals surface area contributed by atoms with Gasteiger partial charge in [0.05, 0.1) is 11.0 Å². The Hall–Kier alpha value is -1.72. The molecular weight excluding hydrogens is 346 g/mol. The topological polar surface area (TPSA) is 55.4 Å². The van der Waals surface area contributed by atoms with Crippen molar-refractivity contribution in [3.8, 4) is 5.75 Å². The van der Waals surface area contributed by atoms with Gasteiger partial charge < -0.3 is 4.74 Å². The Morgan fingerprint density at radius 2 is 1.67 bits per heavy atom. The monoisotopic (exact) mass is 367 g/mol. The number of benzene rings is 2. The van der Waals surface area contributed by atoms with E-state index in [0.717, 1.165) is 18.4 Å². The molecule has 0 aliphatic heterocycles. The van der Waals surface area contributed by atoms with Crippen LogP contribution in [0, 0.1) is 0 Å². The third-order valence-corrected chi connectivity index (χ3v) is 4.98. The van der Waals surface area contributed by atoms with Crippen molar-refractivity contribution in [3.05, 3.63) is 54.1 Å². The van der Waals surface area contributed by atoms with Crippen molar-refractivity contribution in [2.45, 2.75) is 37.7 Å². The van der Waals surface area contributed by atoms with Crippen LogP contribution >= 0.6 is 11.6 Å². The van der Waals surface area contributed by atoms with Crippen molar-refractivity contribution in [3.63, 3.8) is 0 Å². The van der Waals surface area contributed by atoms with E-state index in [2.05, 4.69) is 4.72 Å². The smallest absolute Gasteiger partial charge is 0.261 e. The molecule has 1 N–H and O–H groups in total. The van der Waals surface area contributed by atoms with Crippen LogP contribution in [0.25, 0.3) is 0 Å². The van der Waals surface area contributed by atoms with Gasteiger partial charge in [0.25, 0.3) is 10.0 Å². The average molecular weight is 368 g/mol. The van der Waals surface area contributed by atoms with Gasteiger partial charge in [-0.1, -0.05) is 12.1 Å². The number of hydrogen-bond acceptors (Lipinski definition) is 3. The summed E-state index contributed by atoms with van der Waals surface area (Å²) >= 11 is 5.67. The summed E-state index contributed by atoms with van der Waals surface area (Å²) in [7, 11) is -3.60. The molecule has 0 saturated carbocycles. The van der Waals surface area contributed by atoms with Gasteiger partial charge in [0.15, 0.2) is 0 Å². The predicted octanol–water partition coefficient (Wildman–Crippen LogP) is 4.45. The normalized spacial score (nSPS) is 11.5. The minimum atomic E-state index is -3.60. The second-order valence-corrected chi connectivity index (χ2v) is 7.79. The number of aryl methyl sites for hydroxylation is 1. The molecule has 0 heterocycles. The summed E-state index contributed by atoms with van der Waals surface area (Å²) in [5.74, 6) is 1.30. The first-order valence-corrected chi connectivity index (χ1v) is 9.87. The Balaban J connectivity index is 2.07. The standard InChI is InChI=1S/C18H22ClNO3S/c1-14(2)23-17-9-7-16(8-10-17)20-24(21,22)18-11-5-15(6-12-18)4-3-13-19/h5-12,14,20H,3-4,13H2,1-2H3. The second kappa shape index (κ2) is 8.40. The molecule has 130 valence electrons. The second-order valence-electron chi connectivity index (χ2n) is 5.73. The van der Waals surface area contributed by atoms with E-state index in [1.54, 1.807) is 36.4 Å². The summed E-state index contributed by atoms with van der Waals surface area (Å²) in [5, 5.41) is 0. The van der Waals surface area contributed by atoms with Crippen molar-refractivity contribution < 1.29 is 13.2 Å². The number of rotatable bonds is 8. The minimum Gasteiger partial charge on any atom is -0.491 e. The minimum absolute atomic E-state index is 0.0739. The van der Waals surface area contributed by atoms with Gasteiger partial charge in [-0.25, -0.2) is 8.42 Å². The third kappa shape index (κ3) is 5.42. The molecular formula is C18H22ClNO3S. The summed E-state index contributed by atoms with van der Waals surface area (Å²) < 4.78 is 33.0. The van der Waals surface area contributed by atoms with E-state index in [4.69, 9.17) is 16.3 Å². The molecule has 0 spiro atoms. The number of ether oxygens (including phenoxy) is 1. The maximum atomic E-state index is 12.4. The number of sulfonamides is 1. The molecule has 0 aliphatic rings. The summed E-state index contributed by atoms with van der Waals surface area (Å²) in [6.07, 6.45) is 1.79. The average Bonchev–Trinajstić information content (AvgIpc) is 2.54. The van der Waals surface area contributed by atoms with Crippen LogP contribution in [0.2, 0.25) is 0 Å². The van der Waals surface area contributed by atoms with E-state index in [0.29, 0.717) is 17.3 Å². The van der Waals surface area contributed by atoms with Gasteiger partial charge in [-0.05, 0) is 68.7 Å². The van der Waals surface area contributed by atoms with Crippen LogP contribution in [0.5, 0.6) is 5.75 Å². The largest absolute Gasteiger partial charge is 0.491 e. The van der Waals surface area contributed by atoms with Gasteiger partial charge >= 0.3 is 0 Å². The number of nitrogens with one attached hydrogen (secondary N) is 1. The number of alkyl halides is 1. The van der Waals surface area contributed by atoms with Crippen LogP contribution in [0.4, 0.5) is 5.69 Å². The van der Waals surface area contributed by atoms with Crippen LogP contribution in [0.1, 0.15) is 25.8 Å². The Morgan fingerprint density at radius 3 is 2.21 bits per heavy atom. The van der Waals surface area contributed by atoms with Crippen LogP contribution in [0.3, 0.4) is 0 Å². The fraction of sp³-hybridized carbons (Fsp3) is 0.333. The van der Waals surface area contributed by atoms with E-state index in [-0.39, 0.29) is 11.0 Å². The van der Waals surface area contributed by atoms with Gasteiger partial charge in [0.1, 0.15) is 5.75 Å². The molecule has 0 amide bonds. The molecule has 0 radical (unpaired) electrons. The molecule has 24 heavy (non-hydrogen) atoms. The maximum Gasteiger partial charge on any atom is 0.261 e. The summed E-state index contributed by atoms with van der Waals surface area (Å²) in [6, 6.07) is 13.7. The van der Waals surface area contributed by atoms with E-state index in [1.807, 2.05) is 26.0 Å². The summed E-state index contributed by atoms with van der Waals surface area (Å²) in [4.78, 5) is 0.236. The van der Waals surface area contributed by atoms with Crippen molar-refractivity contribution in [1.29, 1.82) is 0 Å². The molecule has 0 bridgehead atoms. The lowest BCUT2D eigenvalue weighted by molar-refractivity contribution is 0.242.